The summed E-state index contributed by atoms with van der Waals surface area (Å²) in [6.07, 6.45) is 1.84. The highest BCUT2D eigenvalue weighted by Crippen LogP contribution is 2.43. The second-order valence-corrected chi connectivity index (χ2v) is 6.83. The second-order valence-electron chi connectivity index (χ2n) is 6.42. The van der Waals surface area contributed by atoms with Crippen LogP contribution in [0.4, 0.5) is 10.5 Å². The number of carbonyl (C=O) groups excluding carboxylic acids is 1. The van der Waals surface area contributed by atoms with Crippen molar-refractivity contribution < 1.29 is 14.3 Å². The average Bonchev–Trinajstić information content (AvgIpc) is 3.42. The standard InChI is InChI=1S/C20H22ClNO3/c1-12-9-17(21)19(10-13(12)2)25-11-16-15(14-7-8-14)5-4-6-18(16)22-20(23)24-3/h4-6,9-10,14H,7-8,11H2,1-3H3,(H,22,23). The Morgan fingerprint density at radius 2 is 1.96 bits per heavy atom. The summed E-state index contributed by atoms with van der Waals surface area (Å²) in [6.45, 7) is 4.39. The molecule has 0 unspecified atom stereocenters. The lowest BCUT2D eigenvalue weighted by Gasteiger charge is -2.17. The number of hydrogen-bond donors (Lipinski definition) is 1. The van der Waals surface area contributed by atoms with Gasteiger partial charge in [0.1, 0.15) is 12.4 Å². The van der Waals surface area contributed by atoms with Gasteiger partial charge in [0.2, 0.25) is 0 Å². The number of halogens is 1. The highest BCUT2D eigenvalue weighted by atomic mass is 35.5. The molecule has 0 radical (unpaired) electrons. The third kappa shape index (κ3) is 4.07. The van der Waals surface area contributed by atoms with Gasteiger partial charge >= 0.3 is 6.09 Å². The van der Waals surface area contributed by atoms with E-state index in [0.29, 0.717) is 23.3 Å². The van der Waals surface area contributed by atoms with Crippen molar-refractivity contribution in [3.8, 4) is 5.75 Å². The zero-order chi connectivity index (χ0) is 18.0. The topological polar surface area (TPSA) is 47.6 Å². The number of benzene rings is 2. The van der Waals surface area contributed by atoms with Gasteiger partial charge in [-0.25, -0.2) is 4.79 Å². The molecule has 1 fully saturated rings. The van der Waals surface area contributed by atoms with E-state index in [1.54, 1.807) is 0 Å². The Balaban J connectivity index is 1.88. The summed E-state index contributed by atoms with van der Waals surface area (Å²) >= 11 is 6.31. The third-order valence-corrected chi connectivity index (χ3v) is 4.87. The fourth-order valence-electron chi connectivity index (χ4n) is 2.84. The lowest BCUT2D eigenvalue weighted by atomic mass is 10.0. The number of methoxy groups -OCH3 is 1. The molecule has 2 aromatic rings. The van der Waals surface area contributed by atoms with Gasteiger partial charge < -0.3 is 9.47 Å². The van der Waals surface area contributed by atoms with Crippen molar-refractivity contribution in [1.29, 1.82) is 0 Å². The minimum Gasteiger partial charge on any atom is -0.487 e. The van der Waals surface area contributed by atoms with Crippen LogP contribution < -0.4 is 10.1 Å². The Bertz CT molecular complexity index is 800. The minimum absolute atomic E-state index is 0.341. The molecule has 5 heteroatoms. The van der Waals surface area contributed by atoms with Crippen LogP contribution in [0.15, 0.2) is 30.3 Å². The van der Waals surface area contributed by atoms with E-state index in [1.807, 2.05) is 38.1 Å². The number of hydrogen-bond acceptors (Lipinski definition) is 3. The van der Waals surface area contributed by atoms with Crippen molar-refractivity contribution in [2.75, 3.05) is 12.4 Å². The third-order valence-electron chi connectivity index (χ3n) is 4.57. The number of carbonyl (C=O) groups is 1. The van der Waals surface area contributed by atoms with Crippen molar-refractivity contribution in [2.45, 2.75) is 39.2 Å². The maximum atomic E-state index is 11.6. The van der Waals surface area contributed by atoms with E-state index in [4.69, 9.17) is 21.1 Å². The number of anilines is 1. The Kier molecular flexibility index (Phi) is 5.19. The fraction of sp³-hybridized carbons (Fsp3) is 0.350. The van der Waals surface area contributed by atoms with Crippen LogP contribution in [-0.2, 0) is 11.3 Å². The summed E-state index contributed by atoms with van der Waals surface area (Å²) in [5.41, 5.74) is 5.17. The number of nitrogens with one attached hydrogen (secondary N) is 1. The van der Waals surface area contributed by atoms with Gasteiger partial charge in [-0.3, -0.25) is 5.32 Å². The summed E-state index contributed by atoms with van der Waals surface area (Å²) in [4.78, 5) is 11.6. The molecule has 1 N–H and O–H groups in total. The molecule has 132 valence electrons. The van der Waals surface area contributed by atoms with Crippen molar-refractivity contribution in [1.82, 2.24) is 0 Å². The summed E-state index contributed by atoms with van der Waals surface area (Å²) in [5, 5.41) is 3.37. The fourth-order valence-corrected chi connectivity index (χ4v) is 3.11. The van der Waals surface area contributed by atoms with E-state index in [2.05, 4.69) is 11.4 Å². The Morgan fingerprint density at radius 3 is 2.64 bits per heavy atom. The maximum absolute atomic E-state index is 11.6. The van der Waals surface area contributed by atoms with Crippen LogP contribution >= 0.6 is 11.6 Å². The van der Waals surface area contributed by atoms with Crippen LogP contribution in [0.25, 0.3) is 0 Å². The molecular weight excluding hydrogens is 338 g/mol. The number of amides is 1. The predicted octanol–water partition coefficient (Wildman–Crippen LogP) is 5.59. The van der Waals surface area contributed by atoms with Crippen molar-refractivity contribution >= 4 is 23.4 Å². The first kappa shape index (κ1) is 17.6. The molecule has 0 spiro atoms. The van der Waals surface area contributed by atoms with E-state index in [9.17, 15) is 4.79 Å². The molecule has 0 aliphatic heterocycles. The monoisotopic (exact) mass is 359 g/mol. The van der Waals surface area contributed by atoms with Crippen molar-refractivity contribution in [2.24, 2.45) is 0 Å². The molecule has 0 aromatic heterocycles. The smallest absolute Gasteiger partial charge is 0.411 e. The van der Waals surface area contributed by atoms with Gasteiger partial charge in [-0.2, -0.15) is 0 Å². The van der Waals surface area contributed by atoms with Crippen LogP contribution in [0.5, 0.6) is 5.75 Å². The summed E-state index contributed by atoms with van der Waals surface area (Å²) in [5.74, 6) is 1.19. The zero-order valence-electron chi connectivity index (χ0n) is 14.7. The van der Waals surface area contributed by atoms with Gasteiger partial charge in [0.15, 0.2) is 0 Å². The minimum atomic E-state index is -0.488. The molecule has 1 saturated carbocycles. The zero-order valence-corrected chi connectivity index (χ0v) is 15.4. The van der Waals surface area contributed by atoms with Crippen LogP contribution in [0, 0.1) is 13.8 Å². The van der Waals surface area contributed by atoms with Gasteiger partial charge in [-0.1, -0.05) is 23.7 Å². The summed E-state index contributed by atoms with van der Waals surface area (Å²) < 4.78 is 10.7. The predicted molar refractivity (Wildman–Crippen MR) is 99.7 cm³/mol. The number of ether oxygens (including phenoxy) is 2. The van der Waals surface area contributed by atoms with E-state index >= 15 is 0 Å². The molecule has 0 heterocycles. The van der Waals surface area contributed by atoms with Crippen LogP contribution in [-0.4, -0.2) is 13.2 Å². The molecular formula is C20H22ClNO3. The Morgan fingerprint density at radius 1 is 1.24 bits per heavy atom. The molecule has 1 amide bonds. The summed E-state index contributed by atoms with van der Waals surface area (Å²) in [6, 6.07) is 9.77. The molecule has 1 aliphatic rings. The molecule has 25 heavy (non-hydrogen) atoms. The highest BCUT2D eigenvalue weighted by molar-refractivity contribution is 6.32. The lowest BCUT2D eigenvalue weighted by molar-refractivity contribution is 0.187. The molecule has 0 atom stereocenters. The van der Waals surface area contributed by atoms with Crippen LogP contribution in [0.3, 0.4) is 0 Å². The second kappa shape index (κ2) is 7.36. The first-order valence-corrected chi connectivity index (χ1v) is 8.73. The van der Waals surface area contributed by atoms with Gasteiger partial charge in [-0.05, 0) is 67.5 Å². The first-order valence-electron chi connectivity index (χ1n) is 8.36. The lowest BCUT2D eigenvalue weighted by Crippen LogP contribution is -2.14. The Hall–Kier alpha value is -2.20. The quantitative estimate of drug-likeness (QED) is 0.756. The highest BCUT2D eigenvalue weighted by Gasteiger charge is 2.27. The van der Waals surface area contributed by atoms with E-state index in [1.165, 1.54) is 25.5 Å². The number of rotatable bonds is 5. The Labute approximate surface area is 153 Å². The molecule has 0 saturated heterocycles. The number of aryl methyl sites for hydroxylation is 2. The van der Waals surface area contributed by atoms with E-state index < -0.39 is 6.09 Å². The van der Waals surface area contributed by atoms with Crippen molar-refractivity contribution in [3.63, 3.8) is 0 Å². The van der Waals surface area contributed by atoms with Gasteiger partial charge in [0, 0.05) is 5.56 Å². The van der Waals surface area contributed by atoms with Gasteiger partial charge in [-0.15, -0.1) is 0 Å². The molecule has 1 aliphatic carbocycles. The normalized spacial score (nSPS) is 13.4. The SMILES string of the molecule is COC(=O)Nc1cccc(C2CC2)c1COc1cc(C)c(C)cc1Cl. The average molecular weight is 360 g/mol. The summed E-state index contributed by atoms with van der Waals surface area (Å²) in [7, 11) is 1.35. The molecule has 2 aromatic carbocycles. The van der Waals surface area contributed by atoms with Crippen LogP contribution in [0.2, 0.25) is 5.02 Å². The first-order chi connectivity index (χ1) is 12.0. The molecule has 0 bridgehead atoms. The van der Waals surface area contributed by atoms with E-state index in [0.717, 1.165) is 22.4 Å². The van der Waals surface area contributed by atoms with Crippen LogP contribution in [0.1, 0.15) is 41.0 Å². The molecule has 3 rings (SSSR count). The largest absolute Gasteiger partial charge is 0.487 e. The van der Waals surface area contributed by atoms with Crippen molar-refractivity contribution in [3.05, 3.63) is 57.6 Å². The van der Waals surface area contributed by atoms with E-state index in [-0.39, 0.29) is 0 Å². The van der Waals surface area contributed by atoms with Gasteiger partial charge in [0.25, 0.3) is 0 Å². The van der Waals surface area contributed by atoms with Gasteiger partial charge in [0.05, 0.1) is 17.8 Å². The maximum Gasteiger partial charge on any atom is 0.411 e. The molecule has 4 nitrogen and oxygen atoms in total.